The molecule has 1 aliphatic heterocycles. The zero-order chi connectivity index (χ0) is 11.3. The first-order chi connectivity index (χ1) is 7.13. The highest BCUT2D eigenvalue weighted by atomic mass is 16.5. The first kappa shape index (κ1) is 11.8. The molecule has 0 radical (unpaired) electrons. The quantitative estimate of drug-likeness (QED) is 0.508. The van der Waals surface area contributed by atoms with Crippen molar-refractivity contribution in [3.8, 4) is 0 Å². The zero-order valence-corrected chi connectivity index (χ0v) is 9.28. The molecule has 0 N–H and O–H groups in total. The van der Waals surface area contributed by atoms with Crippen molar-refractivity contribution in [2.24, 2.45) is 0 Å². The largest absolute Gasteiger partial charge is 0.463 e. The third-order valence-corrected chi connectivity index (χ3v) is 2.46. The van der Waals surface area contributed by atoms with E-state index in [9.17, 15) is 9.59 Å². The van der Waals surface area contributed by atoms with Crippen LogP contribution >= 0.6 is 0 Å². The number of likely N-dealkylation sites (tertiary alicyclic amines) is 1. The molecule has 0 unspecified atom stereocenters. The Morgan fingerprint density at radius 1 is 1.40 bits per heavy atom. The molecule has 1 heterocycles. The predicted molar refractivity (Wildman–Crippen MR) is 56.2 cm³/mol. The van der Waals surface area contributed by atoms with E-state index in [1.54, 1.807) is 24.8 Å². The Hall–Kier alpha value is -1.32. The molecule has 1 aliphatic rings. The molecule has 1 rings (SSSR count). The van der Waals surface area contributed by atoms with E-state index in [0.29, 0.717) is 19.7 Å². The summed E-state index contributed by atoms with van der Waals surface area (Å²) < 4.78 is 4.82. The average molecular weight is 211 g/mol. The van der Waals surface area contributed by atoms with E-state index < -0.39 is 0 Å². The number of esters is 1. The van der Waals surface area contributed by atoms with E-state index >= 15 is 0 Å². The van der Waals surface area contributed by atoms with Gasteiger partial charge in [0.2, 0.25) is 5.91 Å². The van der Waals surface area contributed by atoms with Gasteiger partial charge >= 0.3 is 5.97 Å². The molecule has 0 aromatic heterocycles. The van der Waals surface area contributed by atoms with E-state index in [4.69, 9.17) is 4.74 Å². The van der Waals surface area contributed by atoms with Gasteiger partial charge in [0.15, 0.2) is 0 Å². The van der Waals surface area contributed by atoms with E-state index in [2.05, 4.69) is 0 Å². The molecule has 0 spiro atoms. The van der Waals surface area contributed by atoms with Gasteiger partial charge in [0.05, 0.1) is 6.61 Å². The lowest BCUT2D eigenvalue weighted by molar-refractivity contribution is -0.137. The van der Waals surface area contributed by atoms with Gasteiger partial charge < -0.3 is 9.64 Å². The number of hydrogen-bond acceptors (Lipinski definition) is 3. The minimum atomic E-state index is -0.274. The van der Waals surface area contributed by atoms with Crippen LogP contribution < -0.4 is 0 Å². The minimum absolute atomic E-state index is 0.102. The molecule has 4 heteroatoms. The summed E-state index contributed by atoms with van der Waals surface area (Å²) in [7, 11) is 0. The average Bonchev–Trinajstić information content (AvgIpc) is 2.18. The van der Waals surface area contributed by atoms with Gasteiger partial charge in [0.25, 0.3) is 0 Å². The maximum atomic E-state index is 11.1. The van der Waals surface area contributed by atoms with Crippen LogP contribution in [0.1, 0.15) is 26.7 Å². The van der Waals surface area contributed by atoms with Gasteiger partial charge in [-0.3, -0.25) is 4.79 Å². The van der Waals surface area contributed by atoms with Gasteiger partial charge in [0.1, 0.15) is 0 Å². The van der Waals surface area contributed by atoms with Gasteiger partial charge in [-0.1, -0.05) is 5.57 Å². The van der Waals surface area contributed by atoms with E-state index in [1.807, 2.05) is 0 Å². The van der Waals surface area contributed by atoms with Crippen molar-refractivity contribution in [2.75, 3.05) is 19.7 Å². The monoisotopic (exact) mass is 211 g/mol. The fraction of sp³-hybridized carbons (Fsp3) is 0.636. The number of nitrogens with zero attached hydrogens (tertiary/aromatic N) is 1. The topological polar surface area (TPSA) is 46.6 Å². The van der Waals surface area contributed by atoms with E-state index in [-0.39, 0.29) is 11.9 Å². The van der Waals surface area contributed by atoms with Gasteiger partial charge in [0, 0.05) is 26.1 Å². The van der Waals surface area contributed by atoms with E-state index in [1.165, 1.54) is 0 Å². The van der Waals surface area contributed by atoms with Crippen LogP contribution in [0.4, 0.5) is 0 Å². The van der Waals surface area contributed by atoms with Crippen LogP contribution in [0, 0.1) is 0 Å². The molecule has 4 nitrogen and oxygen atoms in total. The second-order valence-electron chi connectivity index (χ2n) is 3.56. The summed E-state index contributed by atoms with van der Waals surface area (Å²) in [6.07, 6.45) is 3.11. The fourth-order valence-corrected chi connectivity index (χ4v) is 1.60. The predicted octanol–water partition coefficient (Wildman–Crippen LogP) is 1.12. The minimum Gasteiger partial charge on any atom is -0.463 e. The van der Waals surface area contributed by atoms with Crippen molar-refractivity contribution in [1.29, 1.82) is 0 Å². The Morgan fingerprint density at radius 2 is 2.00 bits per heavy atom. The number of amides is 1. The normalized spacial score (nSPS) is 16.1. The summed E-state index contributed by atoms with van der Waals surface area (Å²) in [5.41, 5.74) is 1.07. The smallest absolute Gasteiger partial charge is 0.330 e. The second kappa shape index (κ2) is 5.53. The van der Waals surface area contributed by atoms with Crippen molar-refractivity contribution in [3.05, 3.63) is 11.6 Å². The van der Waals surface area contributed by atoms with Crippen LogP contribution in [0.3, 0.4) is 0 Å². The summed E-state index contributed by atoms with van der Waals surface area (Å²) in [5, 5.41) is 0. The van der Waals surface area contributed by atoms with Gasteiger partial charge in [-0.05, 0) is 19.8 Å². The molecule has 0 aromatic carbocycles. The number of carbonyl (C=O) groups excluding carboxylic acids is 2. The van der Waals surface area contributed by atoms with Gasteiger partial charge in [-0.25, -0.2) is 4.79 Å². The SMILES string of the molecule is CCOC(=O)C=C1CCN(C(C)=O)CC1. The molecule has 84 valence electrons. The van der Waals surface area contributed by atoms with Crippen LogP contribution in [0.15, 0.2) is 11.6 Å². The molecule has 0 aliphatic carbocycles. The Balaban J connectivity index is 2.43. The first-order valence-electron chi connectivity index (χ1n) is 5.25. The molecule has 0 atom stereocenters. The number of hydrogen-bond donors (Lipinski definition) is 0. The maximum absolute atomic E-state index is 11.1. The van der Waals surface area contributed by atoms with Crippen LogP contribution in [0.5, 0.6) is 0 Å². The molecular weight excluding hydrogens is 194 g/mol. The Kier molecular flexibility index (Phi) is 4.34. The Morgan fingerprint density at radius 3 is 2.47 bits per heavy atom. The van der Waals surface area contributed by atoms with Crippen molar-refractivity contribution >= 4 is 11.9 Å². The molecule has 0 aromatic rings. The summed E-state index contributed by atoms with van der Waals surface area (Å²) in [6, 6.07) is 0. The van der Waals surface area contributed by atoms with Gasteiger partial charge in [-0.15, -0.1) is 0 Å². The number of carbonyl (C=O) groups is 2. The number of piperidine rings is 1. The molecule has 1 fully saturated rings. The first-order valence-corrected chi connectivity index (χ1v) is 5.25. The number of ether oxygens (including phenoxy) is 1. The molecule has 15 heavy (non-hydrogen) atoms. The summed E-state index contributed by atoms with van der Waals surface area (Å²) in [4.78, 5) is 24.0. The van der Waals surface area contributed by atoms with Crippen molar-refractivity contribution in [2.45, 2.75) is 26.7 Å². The van der Waals surface area contributed by atoms with E-state index in [0.717, 1.165) is 18.4 Å². The Labute approximate surface area is 89.9 Å². The fourth-order valence-electron chi connectivity index (χ4n) is 1.60. The van der Waals surface area contributed by atoms with Crippen molar-refractivity contribution < 1.29 is 14.3 Å². The molecular formula is C11H17NO3. The van der Waals surface area contributed by atoms with Crippen molar-refractivity contribution in [1.82, 2.24) is 4.90 Å². The zero-order valence-electron chi connectivity index (χ0n) is 9.28. The lowest BCUT2D eigenvalue weighted by Crippen LogP contribution is -2.34. The van der Waals surface area contributed by atoms with Crippen LogP contribution in [0.2, 0.25) is 0 Å². The van der Waals surface area contributed by atoms with Crippen molar-refractivity contribution in [3.63, 3.8) is 0 Å². The third-order valence-electron chi connectivity index (χ3n) is 2.46. The standard InChI is InChI=1S/C11H17NO3/c1-3-15-11(14)8-10-4-6-12(7-5-10)9(2)13/h8H,3-7H2,1-2H3. The summed E-state index contributed by atoms with van der Waals surface area (Å²) in [6.45, 7) is 5.18. The summed E-state index contributed by atoms with van der Waals surface area (Å²) in [5.74, 6) is -0.172. The third kappa shape index (κ3) is 3.73. The summed E-state index contributed by atoms with van der Waals surface area (Å²) >= 11 is 0. The highest BCUT2D eigenvalue weighted by molar-refractivity contribution is 5.83. The highest BCUT2D eigenvalue weighted by Gasteiger charge is 2.16. The molecule has 1 saturated heterocycles. The maximum Gasteiger partial charge on any atom is 0.330 e. The second-order valence-corrected chi connectivity index (χ2v) is 3.56. The molecule has 0 saturated carbocycles. The van der Waals surface area contributed by atoms with Crippen LogP contribution in [-0.4, -0.2) is 36.5 Å². The van der Waals surface area contributed by atoms with Crippen LogP contribution in [0.25, 0.3) is 0 Å². The highest BCUT2D eigenvalue weighted by Crippen LogP contribution is 2.16. The lowest BCUT2D eigenvalue weighted by Gasteiger charge is -2.27. The number of rotatable bonds is 2. The Bertz CT molecular complexity index is 274. The lowest BCUT2D eigenvalue weighted by atomic mass is 10.0. The molecule has 1 amide bonds. The van der Waals surface area contributed by atoms with Gasteiger partial charge in [-0.2, -0.15) is 0 Å². The molecule has 0 bridgehead atoms. The van der Waals surface area contributed by atoms with Crippen LogP contribution in [-0.2, 0) is 14.3 Å².